The summed E-state index contributed by atoms with van der Waals surface area (Å²) < 4.78 is 16.1. The number of anilines is 1. The first kappa shape index (κ1) is 26.8. The van der Waals surface area contributed by atoms with Gasteiger partial charge in [-0.15, -0.1) is 0 Å². The lowest BCUT2D eigenvalue weighted by Gasteiger charge is -2.22. The molecule has 0 aliphatic heterocycles. The minimum atomic E-state index is -0.447. The Hall–Kier alpha value is -4.75. The summed E-state index contributed by atoms with van der Waals surface area (Å²) in [5.41, 5.74) is 3.75. The molecule has 0 saturated carbocycles. The highest BCUT2D eigenvalue weighted by Gasteiger charge is 2.21. The average molecular weight is 553 g/mol. The van der Waals surface area contributed by atoms with E-state index >= 15 is 0 Å². The van der Waals surface area contributed by atoms with E-state index in [2.05, 4.69) is 10.3 Å². The Morgan fingerprint density at radius 2 is 1.60 bits per heavy atom. The normalized spacial score (nSPS) is 10.8. The number of hydrogen-bond donors (Lipinski definition) is 1. The standard InChI is InChI=1S/C32H26ClFN4O2/c1-22-12-17-27(18-28(22)34)38-20-29(24-10-6-3-7-11-24)35-32(38)36-30(39)21-37(19-23-8-4-2-5-9-23)31(40)25-13-15-26(33)16-14-25/h2-18,20H,19,21H2,1H3,(H,35,36,39). The molecule has 2 amide bonds. The number of halogens is 2. The van der Waals surface area contributed by atoms with Crippen LogP contribution in [-0.2, 0) is 11.3 Å². The van der Waals surface area contributed by atoms with Gasteiger partial charge < -0.3 is 4.90 Å². The second kappa shape index (κ2) is 12.0. The topological polar surface area (TPSA) is 67.2 Å². The van der Waals surface area contributed by atoms with Gasteiger partial charge in [0.15, 0.2) is 0 Å². The molecule has 0 aliphatic carbocycles. The molecule has 1 N–H and O–H groups in total. The predicted molar refractivity (Wildman–Crippen MR) is 155 cm³/mol. The van der Waals surface area contributed by atoms with Crippen molar-refractivity contribution in [1.82, 2.24) is 14.5 Å². The smallest absolute Gasteiger partial charge is 0.254 e. The third-order valence-corrected chi connectivity index (χ3v) is 6.64. The van der Waals surface area contributed by atoms with Crippen LogP contribution in [0.1, 0.15) is 21.5 Å². The monoisotopic (exact) mass is 552 g/mol. The van der Waals surface area contributed by atoms with Crippen molar-refractivity contribution in [3.05, 3.63) is 137 Å². The van der Waals surface area contributed by atoms with E-state index in [9.17, 15) is 14.0 Å². The maximum absolute atomic E-state index is 14.5. The molecule has 0 saturated heterocycles. The SMILES string of the molecule is Cc1ccc(-n2cc(-c3ccccc3)nc2NC(=O)CN(Cc2ccccc2)C(=O)c2ccc(Cl)cc2)cc1F. The first-order valence-corrected chi connectivity index (χ1v) is 13.0. The van der Waals surface area contributed by atoms with Gasteiger partial charge in [0.1, 0.15) is 12.4 Å². The number of imidazole rings is 1. The minimum absolute atomic E-state index is 0.214. The number of aryl methyl sites for hydroxylation is 1. The Bertz CT molecular complexity index is 1640. The van der Waals surface area contributed by atoms with Gasteiger partial charge in [-0.3, -0.25) is 19.5 Å². The molecule has 0 spiro atoms. The zero-order chi connectivity index (χ0) is 28.1. The van der Waals surface area contributed by atoms with E-state index in [1.165, 1.54) is 11.0 Å². The fraction of sp³-hybridized carbons (Fsp3) is 0.0938. The van der Waals surface area contributed by atoms with Gasteiger partial charge in [0.2, 0.25) is 11.9 Å². The molecule has 0 aliphatic rings. The van der Waals surface area contributed by atoms with Crippen LogP contribution in [0.4, 0.5) is 10.3 Å². The highest BCUT2D eigenvalue weighted by molar-refractivity contribution is 6.30. The van der Waals surface area contributed by atoms with Crippen molar-refractivity contribution in [2.24, 2.45) is 0 Å². The van der Waals surface area contributed by atoms with Gasteiger partial charge in [-0.1, -0.05) is 78.3 Å². The summed E-state index contributed by atoms with van der Waals surface area (Å²) in [5, 5.41) is 3.35. The van der Waals surface area contributed by atoms with Crippen molar-refractivity contribution in [3.8, 4) is 16.9 Å². The van der Waals surface area contributed by atoms with Crippen LogP contribution in [0.2, 0.25) is 5.02 Å². The Balaban J connectivity index is 1.45. The second-order valence-corrected chi connectivity index (χ2v) is 9.76. The van der Waals surface area contributed by atoms with E-state index in [4.69, 9.17) is 11.6 Å². The van der Waals surface area contributed by atoms with Gasteiger partial charge in [-0.05, 0) is 54.4 Å². The van der Waals surface area contributed by atoms with Crippen molar-refractivity contribution in [3.63, 3.8) is 0 Å². The molecule has 1 heterocycles. The molecule has 6 nitrogen and oxygen atoms in total. The number of nitrogens with zero attached hydrogens (tertiary/aromatic N) is 3. The number of nitrogens with one attached hydrogen (secondary N) is 1. The van der Waals surface area contributed by atoms with E-state index in [1.807, 2.05) is 60.7 Å². The Morgan fingerprint density at radius 3 is 2.27 bits per heavy atom. The highest BCUT2D eigenvalue weighted by atomic mass is 35.5. The summed E-state index contributed by atoms with van der Waals surface area (Å²) in [6, 6.07) is 30.3. The molecule has 0 bridgehead atoms. The van der Waals surface area contributed by atoms with Crippen molar-refractivity contribution in [2.45, 2.75) is 13.5 Å². The molecule has 0 fully saturated rings. The number of amides is 2. The fourth-order valence-corrected chi connectivity index (χ4v) is 4.39. The van der Waals surface area contributed by atoms with E-state index in [1.54, 1.807) is 54.1 Å². The van der Waals surface area contributed by atoms with Gasteiger partial charge in [0, 0.05) is 28.9 Å². The zero-order valence-corrected chi connectivity index (χ0v) is 22.5. The molecule has 1 aromatic heterocycles. The highest BCUT2D eigenvalue weighted by Crippen LogP contribution is 2.25. The molecule has 200 valence electrons. The Kier molecular flexibility index (Phi) is 8.03. The lowest BCUT2D eigenvalue weighted by atomic mass is 10.1. The van der Waals surface area contributed by atoms with Crippen LogP contribution in [0.5, 0.6) is 0 Å². The van der Waals surface area contributed by atoms with E-state index in [0.29, 0.717) is 27.5 Å². The maximum atomic E-state index is 14.5. The maximum Gasteiger partial charge on any atom is 0.254 e. The van der Waals surface area contributed by atoms with Crippen molar-refractivity contribution in [2.75, 3.05) is 11.9 Å². The number of carbonyl (C=O) groups is 2. The van der Waals surface area contributed by atoms with Crippen molar-refractivity contribution in [1.29, 1.82) is 0 Å². The molecule has 40 heavy (non-hydrogen) atoms. The van der Waals surface area contributed by atoms with Crippen LogP contribution in [-0.4, -0.2) is 32.8 Å². The minimum Gasteiger partial charge on any atom is -0.325 e. The van der Waals surface area contributed by atoms with Crippen LogP contribution >= 0.6 is 11.6 Å². The average Bonchev–Trinajstić information content (AvgIpc) is 3.39. The zero-order valence-electron chi connectivity index (χ0n) is 21.7. The lowest BCUT2D eigenvalue weighted by molar-refractivity contribution is -0.117. The summed E-state index contributed by atoms with van der Waals surface area (Å²) >= 11 is 6.01. The number of rotatable bonds is 8. The summed E-state index contributed by atoms with van der Waals surface area (Å²) in [6.45, 7) is 1.68. The summed E-state index contributed by atoms with van der Waals surface area (Å²) in [5.74, 6) is -0.917. The molecular formula is C32H26ClFN4O2. The van der Waals surface area contributed by atoms with Crippen molar-refractivity contribution >= 4 is 29.4 Å². The molecule has 5 rings (SSSR count). The first-order chi connectivity index (χ1) is 19.4. The van der Waals surface area contributed by atoms with E-state index in [0.717, 1.165) is 11.1 Å². The van der Waals surface area contributed by atoms with Crippen LogP contribution in [0.3, 0.4) is 0 Å². The van der Waals surface area contributed by atoms with E-state index in [-0.39, 0.29) is 30.8 Å². The van der Waals surface area contributed by atoms with Crippen LogP contribution < -0.4 is 5.32 Å². The molecule has 4 aromatic carbocycles. The van der Waals surface area contributed by atoms with E-state index < -0.39 is 5.91 Å². The summed E-state index contributed by atoms with van der Waals surface area (Å²) in [7, 11) is 0. The Morgan fingerprint density at radius 1 is 0.925 bits per heavy atom. The summed E-state index contributed by atoms with van der Waals surface area (Å²) in [6.07, 6.45) is 1.75. The van der Waals surface area contributed by atoms with Crippen molar-refractivity contribution < 1.29 is 14.0 Å². The predicted octanol–water partition coefficient (Wildman–Crippen LogP) is 6.92. The third kappa shape index (κ3) is 6.27. The number of carbonyl (C=O) groups excluding carboxylic acids is 2. The number of benzene rings is 4. The third-order valence-electron chi connectivity index (χ3n) is 6.39. The van der Waals surface area contributed by atoms with Gasteiger partial charge in [0.05, 0.1) is 11.4 Å². The van der Waals surface area contributed by atoms with Gasteiger partial charge in [-0.2, -0.15) is 0 Å². The van der Waals surface area contributed by atoms with Crippen LogP contribution in [0.15, 0.2) is 109 Å². The molecule has 0 radical (unpaired) electrons. The lowest BCUT2D eigenvalue weighted by Crippen LogP contribution is -2.38. The number of hydrogen-bond acceptors (Lipinski definition) is 3. The molecular weight excluding hydrogens is 527 g/mol. The second-order valence-electron chi connectivity index (χ2n) is 9.32. The van der Waals surface area contributed by atoms with Crippen LogP contribution in [0, 0.1) is 12.7 Å². The van der Waals surface area contributed by atoms with Crippen LogP contribution in [0.25, 0.3) is 16.9 Å². The molecule has 8 heteroatoms. The quantitative estimate of drug-likeness (QED) is 0.227. The van der Waals surface area contributed by atoms with Gasteiger partial charge >= 0.3 is 0 Å². The first-order valence-electron chi connectivity index (χ1n) is 12.7. The Labute approximate surface area is 236 Å². The van der Waals surface area contributed by atoms with Gasteiger partial charge in [-0.25, -0.2) is 9.37 Å². The fourth-order valence-electron chi connectivity index (χ4n) is 4.26. The van der Waals surface area contributed by atoms with Gasteiger partial charge in [0.25, 0.3) is 5.91 Å². The molecule has 0 unspecified atom stereocenters. The largest absolute Gasteiger partial charge is 0.325 e. The molecule has 5 aromatic rings. The number of aromatic nitrogens is 2. The summed E-state index contributed by atoms with van der Waals surface area (Å²) in [4.78, 5) is 32.9. The molecule has 0 atom stereocenters.